The molecule has 0 saturated carbocycles. The Hall–Kier alpha value is -2.51. The molecular weight excluding hydrogens is 380 g/mol. The van der Waals surface area contributed by atoms with Crippen LogP contribution in [0.2, 0.25) is 0 Å². The van der Waals surface area contributed by atoms with Crippen LogP contribution in [0.25, 0.3) is 10.2 Å². The zero-order valence-electron chi connectivity index (χ0n) is 14.6. The number of allylic oxidation sites excluding steroid dienone is 1. The topological polar surface area (TPSA) is 52.8 Å². The number of carbonyl (C=O) groups is 1. The summed E-state index contributed by atoms with van der Waals surface area (Å²) in [6.07, 6.45) is 1.80. The van der Waals surface area contributed by atoms with Gasteiger partial charge in [0.1, 0.15) is 0 Å². The molecule has 1 amide bonds. The van der Waals surface area contributed by atoms with Gasteiger partial charge in [-0.15, -0.1) is 18.3 Å². The molecule has 0 N–H and O–H groups in total. The van der Waals surface area contributed by atoms with Crippen molar-refractivity contribution in [2.24, 2.45) is 4.99 Å². The van der Waals surface area contributed by atoms with Gasteiger partial charge in [0.15, 0.2) is 16.3 Å². The first kappa shape index (κ1) is 17.9. The molecule has 4 rings (SSSR count). The van der Waals surface area contributed by atoms with Crippen LogP contribution in [-0.4, -0.2) is 23.0 Å². The van der Waals surface area contributed by atoms with Gasteiger partial charge in [0, 0.05) is 24.4 Å². The number of hydrogen-bond donors (Lipinski definition) is 0. The third kappa shape index (κ3) is 3.94. The van der Waals surface area contributed by atoms with Crippen molar-refractivity contribution in [3.63, 3.8) is 0 Å². The van der Waals surface area contributed by atoms with Crippen LogP contribution in [0, 0.1) is 0 Å². The predicted octanol–water partition coefficient (Wildman–Crippen LogP) is 3.98. The number of fused-ring (bicyclic) bond motifs is 2. The minimum atomic E-state index is -0.139. The molecule has 0 aliphatic carbocycles. The van der Waals surface area contributed by atoms with Gasteiger partial charge in [-0.2, -0.15) is 4.99 Å². The molecule has 5 nitrogen and oxygen atoms in total. The van der Waals surface area contributed by atoms with Crippen molar-refractivity contribution in [1.82, 2.24) is 4.57 Å². The summed E-state index contributed by atoms with van der Waals surface area (Å²) in [6, 6.07) is 14.0. The highest BCUT2D eigenvalue weighted by Crippen LogP contribution is 2.36. The normalized spacial score (nSPS) is 13.3. The third-order valence-electron chi connectivity index (χ3n) is 4.05. The van der Waals surface area contributed by atoms with Crippen LogP contribution in [0.5, 0.6) is 11.5 Å². The standard InChI is InChI=1S/C20H18N2O3S2/c1-2-8-22-15-9-16-17(25-13-24-16)10-18(15)27-20(22)21-19(23)12-26-11-14-6-4-3-5-7-14/h2-7,9-10H,1,8,11-13H2. The molecular formula is C20H18N2O3S2. The maximum Gasteiger partial charge on any atom is 0.258 e. The van der Waals surface area contributed by atoms with Gasteiger partial charge in [-0.1, -0.05) is 47.7 Å². The van der Waals surface area contributed by atoms with Crippen LogP contribution >= 0.6 is 23.1 Å². The van der Waals surface area contributed by atoms with Crippen molar-refractivity contribution in [3.8, 4) is 11.5 Å². The molecule has 0 unspecified atom stereocenters. The van der Waals surface area contributed by atoms with Crippen molar-refractivity contribution in [1.29, 1.82) is 0 Å². The van der Waals surface area contributed by atoms with Gasteiger partial charge in [0.2, 0.25) is 6.79 Å². The summed E-state index contributed by atoms with van der Waals surface area (Å²) in [5.41, 5.74) is 2.17. The number of thioether (sulfide) groups is 1. The summed E-state index contributed by atoms with van der Waals surface area (Å²) in [6.45, 7) is 4.63. The Labute approximate surface area is 165 Å². The third-order valence-corrected chi connectivity index (χ3v) is 6.08. The fraction of sp³-hybridized carbons (Fsp3) is 0.200. The molecule has 1 aromatic heterocycles. The van der Waals surface area contributed by atoms with Gasteiger partial charge in [-0.25, -0.2) is 0 Å². The highest BCUT2D eigenvalue weighted by molar-refractivity contribution is 7.99. The number of benzene rings is 2. The van der Waals surface area contributed by atoms with E-state index in [1.54, 1.807) is 17.8 Å². The lowest BCUT2D eigenvalue weighted by Gasteiger charge is -2.02. The molecule has 2 heterocycles. The Morgan fingerprint density at radius 2 is 2.04 bits per heavy atom. The van der Waals surface area contributed by atoms with Gasteiger partial charge in [0.05, 0.1) is 16.0 Å². The van der Waals surface area contributed by atoms with E-state index >= 15 is 0 Å². The lowest BCUT2D eigenvalue weighted by molar-refractivity contribution is -0.115. The second-order valence-electron chi connectivity index (χ2n) is 5.94. The zero-order chi connectivity index (χ0) is 18.6. The van der Waals surface area contributed by atoms with Gasteiger partial charge in [0.25, 0.3) is 5.91 Å². The molecule has 1 aliphatic rings. The molecule has 2 aromatic carbocycles. The molecule has 3 aromatic rings. The van der Waals surface area contributed by atoms with Gasteiger partial charge < -0.3 is 14.0 Å². The Bertz CT molecular complexity index is 1050. The molecule has 0 fully saturated rings. The Kier molecular flexibility index (Phi) is 5.31. The Morgan fingerprint density at radius 1 is 1.26 bits per heavy atom. The molecule has 0 bridgehead atoms. The molecule has 0 radical (unpaired) electrons. The van der Waals surface area contributed by atoms with E-state index in [0.717, 1.165) is 27.5 Å². The summed E-state index contributed by atoms with van der Waals surface area (Å²) in [5, 5.41) is 0. The van der Waals surface area contributed by atoms with Gasteiger partial charge in [-0.3, -0.25) is 4.79 Å². The number of hydrogen-bond acceptors (Lipinski definition) is 5. The Morgan fingerprint density at radius 3 is 2.81 bits per heavy atom. The second-order valence-corrected chi connectivity index (χ2v) is 7.94. The fourth-order valence-corrected chi connectivity index (χ4v) is 4.66. The van der Waals surface area contributed by atoms with Crippen molar-refractivity contribution in [2.45, 2.75) is 12.3 Å². The van der Waals surface area contributed by atoms with Crippen LogP contribution < -0.4 is 14.3 Å². The van der Waals surface area contributed by atoms with E-state index in [1.165, 1.54) is 16.9 Å². The van der Waals surface area contributed by atoms with Crippen LogP contribution in [0.3, 0.4) is 0 Å². The molecule has 0 saturated heterocycles. The minimum Gasteiger partial charge on any atom is -0.454 e. The van der Waals surface area contributed by atoms with Crippen molar-refractivity contribution in [3.05, 3.63) is 65.5 Å². The monoisotopic (exact) mass is 398 g/mol. The molecule has 27 heavy (non-hydrogen) atoms. The van der Waals surface area contributed by atoms with Gasteiger partial charge in [-0.05, 0) is 5.56 Å². The van der Waals surface area contributed by atoms with E-state index in [2.05, 4.69) is 23.7 Å². The van der Waals surface area contributed by atoms with E-state index in [0.29, 0.717) is 17.1 Å². The first-order valence-corrected chi connectivity index (χ1v) is 10.4. The second kappa shape index (κ2) is 8.02. The summed E-state index contributed by atoms with van der Waals surface area (Å²) >= 11 is 3.04. The predicted molar refractivity (Wildman–Crippen MR) is 109 cm³/mol. The fourth-order valence-electron chi connectivity index (χ4n) is 2.82. The molecule has 7 heteroatoms. The lowest BCUT2D eigenvalue weighted by Crippen LogP contribution is -2.16. The summed E-state index contributed by atoms with van der Waals surface area (Å²) in [4.78, 5) is 17.4. The van der Waals surface area contributed by atoms with Gasteiger partial charge >= 0.3 is 0 Å². The van der Waals surface area contributed by atoms with Crippen LogP contribution in [0.15, 0.2) is 60.1 Å². The SMILES string of the molecule is C=CCn1c(=NC(=O)CSCc2ccccc2)sc2cc3c(cc21)OCO3. The molecule has 1 aliphatic heterocycles. The number of carbonyl (C=O) groups excluding carboxylic acids is 1. The van der Waals surface area contributed by atoms with E-state index in [9.17, 15) is 4.79 Å². The number of nitrogens with zero attached hydrogens (tertiary/aromatic N) is 2. The van der Waals surface area contributed by atoms with Crippen molar-refractivity contribution in [2.75, 3.05) is 12.5 Å². The van der Waals surface area contributed by atoms with E-state index < -0.39 is 0 Å². The van der Waals surface area contributed by atoms with Crippen molar-refractivity contribution < 1.29 is 14.3 Å². The summed E-state index contributed by atoms with van der Waals surface area (Å²) in [5.74, 6) is 2.45. The van der Waals surface area contributed by atoms with Crippen LogP contribution in [0.4, 0.5) is 0 Å². The lowest BCUT2D eigenvalue weighted by atomic mass is 10.2. The number of thiazole rings is 1. The summed E-state index contributed by atoms with van der Waals surface area (Å²) in [7, 11) is 0. The average Bonchev–Trinajstić information content (AvgIpc) is 3.25. The minimum absolute atomic E-state index is 0.139. The molecule has 138 valence electrons. The molecule has 0 atom stereocenters. The first-order chi connectivity index (χ1) is 13.2. The highest BCUT2D eigenvalue weighted by Gasteiger charge is 2.17. The van der Waals surface area contributed by atoms with E-state index in [1.807, 2.05) is 34.9 Å². The maximum atomic E-state index is 12.4. The number of amides is 1. The number of ether oxygens (including phenoxy) is 2. The average molecular weight is 399 g/mol. The number of rotatable bonds is 6. The largest absolute Gasteiger partial charge is 0.454 e. The molecule has 0 spiro atoms. The summed E-state index contributed by atoms with van der Waals surface area (Å²) < 4.78 is 13.9. The quantitative estimate of drug-likeness (QED) is 0.590. The van der Waals surface area contributed by atoms with Crippen LogP contribution in [0.1, 0.15) is 5.56 Å². The van der Waals surface area contributed by atoms with E-state index in [4.69, 9.17) is 9.47 Å². The number of aromatic nitrogens is 1. The first-order valence-electron chi connectivity index (χ1n) is 8.47. The van der Waals surface area contributed by atoms with Crippen molar-refractivity contribution >= 4 is 39.2 Å². The highest BCUT2D eigenvalue weighted by atomic mass is 32.2. The maximum absolute atomic E-state index is 12.4. The smallest absolute Gasteiger partial charge is 0.258 e. The Balaban J connectivity index is 1.57. The van der Waals surface area contributed by atoms with Crippen LogP contribution in [-0.2, 0) is 17.1 Å². The zero-order valence-corrected chi connectivity index (χ0v) is 16.2. The van der Waals surface area contributed by atoms with E-state index in [-0.39, 0.29) is 12.7 Å².